The van der Waals surface area contributed by atoms with Crippen molar-refractivity contribution in [2.45, 2.75) is 19.5 Å². The summed E-state index contributed by atoms with van der Waals surface area (Å²) in [4.78, 5) is 3.64. The number of benzene rings is 1. The number of hydrogen-bond donors (Lipinski definition) is 1. The van der Waals surface area contributed by atoms with Gasteiger partial charge in [0.25, 0.3) is 0 Å². The number of likely N-dealkylation sites (N-methyl/N-ethyl adjacent to an activating group) is 1. The quantitative estimate of drug-likeness (QED) is 0.860. The van der Waals surface area contributed by atoms with Crippen LogP contribution in [0.1, 0.15) is 16.0 Å². The topological polar surface area (TPSA) is 29.3 Å². The van der Waals surface area contributed by atoms with E-state index in [1.165, 1.54) is 26.1 Å². The first-order valence-corrected chi connectivity index (χ1v) is 7.00. The number of halogens is 1. The van der Waals surface area contributed by atoms with Gasteiger partial charge in [0.2, 0.25) is 0 Å². The average molecular weight is 267 g/mol. The van der Waals surface area contributed by atoms with Crippen LogP contribution < -0.4 is 5.73 Å². The lowest BCUT2D eigenvalue weighted by Crippen LogP contribution is -2.19. The third kappa shape index (κ3) is 1.78. The fraction of sp³-hybridized carbons (Fsp3) is 0.385. The van der Waals surface area contributed by atoms with Gasteiger partial charge in [0.1, 0.15) is 0 Å². The van der Waals surface area contributed by atoms with Crippen LogP contribution in [-0.4, -0.2) is 18.5 Å². The van der Waals surface area contributed by atoms with Crippen molar-refractivity contribution in [3.8, 4) is 0 Å². The van der Waals surface area contributed by atoms with Crippen LogP contribution in [0.15, 0.2) is 12.1 Å². The van der Waals surface area contributed by atoms with Crippen LogP contribution in [0.4, 0.5) is 0 Å². The Balaban J connectivity index is 2.36. The Morgan fingerprint density at radius 3 is 3.06 bits per heavy atom. The Bertz CT molecular complexity index is 576. The zero-order chi connectivity index (χ0) is 12.0. The number of hydrogen-bond acceptors (Lipinski definition) is 3. The molecule has 0 atom stereocenters. The van der Waals surface area contributed by atoms with Gasteiger partial charge in [-0.15, -0.1) is 11.3 Å². The summed E-state index contributed by atoms with van der Waals surface area (Å²) in [5.41, 5.74) is 8.67. The molecule has 0 fully saturated rings. The summed E-state index contributed by atoms with van der Waals surface area (Å²) in [7, 11) is 2.16. The van der Waals surface area contributed by atoms with Gasteiger partial charge in [-0.3, -0.25) is 0 Å². The van der Waals surface area contributed by atoms with Crippen LogP contribution in [0.2, 0.25) is 5.02 Å². The highest BCUT2D eigenvalue weighted by molar-refractivity contribution is 7.20. The molecule has 0 spiro atoms. The standard InChI is InChI=1S/C13H15ClN2S/c1-16-5-4-8-2-3-10(14)13-12(8)9(7-16)11(6-15)17-13/h2-3H,4-7,15H2,1H3. The van der Waals surface area contributed by atoms with Crippen molar-refractivity contribution in [1.82, 2.24) is 4.90 Å². The Morgan fingerprint density at radius 1 is 1.47 bits per heavy atom. The Kier molecular flexibility index (Phi) is 2.87. The Morgan fingerprint density at radius 2 is 2.29 bits per heavy atom. The van der Waals surface area contributed by atoms with Gasteiger partial charge in [-0.25, -0.2) is 0 Å². The largest absolute Gasteiger partial charge is 0.326 e. The maximum absolute atomic E-state index is 6.30. The van der Waals surface area contributed by atoms with E-state index in [1.807, 2.05) is 6.07 Å². The number of nitrogens with two attached hydrogens (primary N) is 1. The zero-order valence-corrected chi connectivity index (χ0v) is 11.4. The van der Waals surface area contributed by atoms with Crippen molar-refractivity contribution >= 4 is 33.0 Å². The SMILES string of the molecule is CN1CCc2ccc(Cl)c3sc(CN)c(c23)C1. The monoisotopic (exact) mass is 266 g/mol. The predicted octanol–water partition coefficient (Wildman–Crippen LogP) is 3.00. The van der Waals surface area contributed by atoms with Crippen LogP contribution in [0.5, 0.6) is 0 Å². The molecule has 3 rings (SSSR count). The number of rotatable bonds is 1. The summed E-state index contributed by atoms with van der Waals surface area (Å²) in [5, 5.41) is 2.23. The van der Waals surface area contributed by atoms with Crippen LogP contribution in [0.3, 0.4) is 0 Å². The molecule has 0 saturated carbocycles. The van der Waals surface area contributed by atoms with Gasteiger partial charge in [0.05, 0.1) is 9.72 Å². The third-order valence-corrected chi connectivity index (χ3v) is 5.15. The predicted molar refractivity (Wildman–Crippen MR) is 74.8 cm³/mol. The van der Waals surface area contributed by atoms with E-state index in [9.17, 15) is 0 Å². The smallest absolute Gasteiger partial charge is 0.0584 e. The van der Waals surface area contributed by atoms with E-state index in [0.717, 1.165) is 24.5 Å². The molecule has 0 unspecified atom stereocenters. The number of thiophene rings is 1. The first kappa shape index (κ1) is 11.5. The number of nitrogens with zero attached hydrogens (tertiary/aromatic N) is 1. The van der Waals surface area contributed by atoms with E-state index in [0.29, 0.717) is 6.54 Å². The third-order valence-electron chi connectivity index (χ3n) is 3.44. The molecule has 1 aliphatic heterocycles. The summed E-state index contributed by atoms with van der Waals surface area (Å²) in [6, 6.07) is 4.19. The van der Waals surface area contributed by atoms with Gasteiger partial charge in [0.15, 0.2) is 0 Å². The minimum atomic E-state index is 0.609. The molecule has 0 saturated heterocycles. The maximum Gasteiger partial charge on any atom is 0.0584 e. The van der Waals surface area contributed by atoms with Gasteiger partial charge in [-0.05, 0) is 30.7 Å². The van der Waals surface area contributed by atoms with Gasteiger partial charge < -0.3 is 10.6 Å². The molecule has 1 aliphatic rings. The van der Waals surface area contributed by atoms with Crippen molar-refractivity contribution in [3.05, 3.63) is 33.2 Å². The lowest BCUT2D eigenvalue weighted by molar-refractivity contribution is 0.336. The first-order valence-electron chi connectivity index (χ1n) is 5.81. The van der Waals surface area contributed by atoms with Crippen molar-refractivity contribution in [2.75, 3.05) is 13.6 Å². The van der Waals surface area contributed by atoms with Gasteiger partial charge in [-0.2, -0.15) is 0 Å². The summed E-state index contributed by atoms with van der Waals surface area (Å²) in [6.45, 7) is 2.69. The van der Waals surface area contributed by atoms with Gasteiger partial charge in [-0.1, -0.05) is 17.7 Å². The molecule has 17 heavy (non-hydrogen) atoms. The Labute approximate surface area is 110 Å². The van der Waals surface area contributed by atoms with Crippen molar-refractivity contribution in [2.24, 2.45) is 5.73 Å². The highest BCUT2D eigenvalue weighted by atomic mass is 35.5. The second-order valence-electron chi connectivity index (χ2n) is 4.61. The van der Waals surface area contributed by atoms with Crippen molar-refractivity contribution in [1.29, 1.82) is 0 Å². The fourth-order valence-electron chi connectivity index (χ4n) is 2.55. The lowest BCUT2D eigenvalue weighted by Gasteiger charge is -2.13. The maximum atomic E-state index is 6.30. The van der Waals surface area contributed by atoms with E-state index < -0.39 is 0 Å². The minimum Gasteiger partial charge on any atom is -0.326 e. The van der Waals surface area contributed by atoms with Gasteiger partial charge in [0, 0.05) is 29.9 Å². The molecule has 2 nitrogen and oxygen atoms in total. The Hall–Kier alpha value is -0.610. The second-order valence-corrected chi connectivity index (χ2v) is 6.12. The minimum absolute atomic E-state index is 0.609. The average Bonchev–Trinajstić information content (AvgIpc) is 2.59. The summed E-state index contributed by atoms with van der Waals surface area (Å²) < 4.78 is 1.22. The zero-order valence-electron chi connectivity index (χ0n) is 9.79. The molecule has 0 radical (unpaired) electrons. The molecule has 0 amide bonds. The summed E-state index contributed by atoms with van der Waals surface area (Å²) in [6.07, 6.45) is 1.10. The van der Waals surface area contributed by atoms with E-state index in [2.05, 4.69) is 18.0 Å². The molecule has 0 bridgehead atoms. The molecular weight excluding hydrogens is 252 g/mol. The van der Waals surface area contributed by atoms with Crippen LogP contribution in [0.25, 0.3) is 10.1 Å². The second kappa shape index (κ2) is 4.25. The molecular formula is C13H15ClN2S. The normalized spacial score (nSPS) is 16.4. The molecule has 2 aromatic rings. The highest BCUT2D eigenvalue weighted by Crippen LogP contribution is 2.40. The molecule has 0 aliphatic carbocycles. The van der Waals surface area contributed by atoms with Crippen LogP contribution >= 0.6 is 22.9 Å². The summed E-state index contributed by atoms with van der Waals surface area (Å²) in [5.74, 6) is 0. The molecule has 1 aromatic carbocycles. The highest BCUT2D eigenvalue weighted by Gasteiger charge is 2.20. The van der Waals surface area contributed by atoms with E-state index in [4.69, 9.17) is 17.3 Å². The molecule has 90 valence electrons. The van der Waals surface area contributed by atoms with E-state index in [1.54, 1.807) is 11.3 Å². The van der Waals surface area contributed by atoms with Crippen LogP contribution in [0, 0.1) is 0 Å². The molecule has 4 heteroatoms. The van der Waals surface area contributed by atoms with E-state index >= 15 is 0 Å². The molecule has 1 aromatic heterocycles. The van der Waals surface area contributed by atoms with Crippen molar-refractivity contribution < 1.29 is 0 Å². The van der Waals surface area contributed by atoms with E-state index in [-0.39, 0.29) is 0 Å². The van der Waals surface area contributed by atoms with Gasteiger partial charge >= 0.3 is 0 Å². The first-order chi connectivity index (χ1) is 8.20. The summed E-state index contributed by atoms with van der Waals surface area (Å²) >= 11 is 8.05. The van der Waals surface area contributed by atoms with Crippen molar-refractivity contribution in [3.63, 3.8) is 0 Å². The molecule has 2 heterocycles. The lowest BCUT2D eigenvalue weighted by atomic mass is 10.0. The fourth-order valence-corrected chi connectivity index (χ4v) is 3.97. The molecule has 2 N–H and O–H groups in total. The van der Waals surface area contributed by atoms with Crippen LogP contribution in [-0.2, 0) is 19.5 Å².